The molecule has 2 aromatic heterocycles. The molecule has 1 atom stereocenters. The van der Waals surface area contributed by atoms with Crippen LogP contribution in [0.4, 0.5) is 0 Å². The van der Waals surface area contributed by atoms with E-state index in [4.69, 9.17) is 4.74 Å². The second-order valence-corrected chi connectivity index (χ2v) is 6.11. The molecule has 0 aliphatic rings. The summed E-state index contributed by atoms with van der Waals surface area (Å²) in [6, 6.07) is 9.35. The maximum absolute atomic E-state index is 11.6. The van der Waals surface area contributed by atoms with Crippen LogP contribution in [0, 0.1) is 6.92 Å². The van der Waals surface area contributed by atoms with Crippen molar-refractivity contribution >= 4 is 22.0 Å². The Balaban J connectivity index is 2.15. The van der Waals surface area contributed by atoms with Crippen LogP contribution in [-0.2, 0) is 10.8 Å². The zero-order valence-electron chi connectivity index (χ0n) is 12.0. The first kappa shape index (κ1) is 13.8. The average molecular weight is 301 g/mol. The predicted molar refractivity (Wildman–Crippen MR) is 82.9 cm³/mol. The van der Waals surface area contributed by atoms with E-state index in [2.05, 4.69) is 15.0 Å². The van der Waals surface area contributed by atoms with Gasteiger partial charge < -0.3 is 9.72 Å². The number of nitrogens with zero attached hydrogens (tertiary/aromatic N) is 2. The molecule has 6 heteroatoms. The number of aromatic nitrogens is 3. The molecular weight excluding hydrogens is 286 g/mol. The number of pyridine rings is 1. The number of methoxy groups -OCH3 is 1. The molecule has 3 aromatic rings. The smallest absolute Gasteiger partial charge is 0.178 e. The van der Waals surface area contributed by atoms with Crippen molar-refractivity contribution in [2.45, 2.75) is 11.8 Å². The number of aryl methyl sites for hydroxylation is 1. The van der Waals surface area contributed by atoms with Gasteiger partial charge in [0.15, 0.2) is 5.65 Å². The highest BCUT2D eigenvalue weighted by molar-refractivity contribution is 7.84. The molecule has 0 saturated carbocycles. The largest absolute Gasteiger partial charge is 0.496 e. The van der Waals surface area contributed by atoms with Crippen molar-refractivity contribution in [1.82, 2.24) is 15.0 Å². The highest BCUT2D eigenvalue weighted by Gasteiger charge is 2.13. The Morgan fingerprint density at radius 3 is 2.71 bits per heavy atom. The third-order valence-corrected chi connectivity index (χ3v) is 4.16. The summed E-state index contributed by atoms with van der Waals surface area (Å²) in [7, 11) is 0.543. The van der Waals surface area contributed by atoms with E-state index in [9.17, 15) is 4.21 Å². The molecule has 1 unspecified atom stereocenters. The molecule has 2 heterocycles. The third kappa shape index (κ3) is 2.54. The van der Waals surface area contributed by atoms with Crippen LogP contribution < -0.4 is 4.74 Å². The van der Waals surface area contributed by atoms with Gasteiger partial charge in [-0.2, -0.15) is 0 Å². The Labute approximate surface area is 124 Å². The number of hydrogen-bond donors (Lipinski definition) is 1. The van der Waals surface area contributed by atoms with Gasteiger partial charge in [0.05, 0.1) is 18.2 Å². The van der Waals surface area contributed by atoms with E-state index in [0.717, 1.165) is 21.7 Å². The molecule has 1 N–H and O–H groups in total. The molecule has 3 rings (SSSR count). The molecule has 1 aromatic carbocycles. The van der Waals surface area contributed by atoms with Gasteiger partial charge in [0.1, 0.15) is 11.6 Å². The lowest BCUT2D eigenvalue weighted by atomic mass is 10.2. The molecule has 0 spiro atoms. The molecule has 0 fully saturated rings. The minimum atomic E-state index is -1.05. The van der Waals surface area contributed by atoms with Crippen molar-refractivity contribution in [2.24, 2.45) is 0 Å². The Hall–Kier alpha value is -2.21. The van der Waals surface area contributed by atoms with Crippen molar-refractivity contribution in [3.8, 4) is 17.1 Å². The fourth-order valence-electron chi connectivity index (χ4n) is 2.16. The molecule has 0 aliphatic carbocycles. The van der Waals surface area contributed by atoms with Gasteiger partial charge in [-0.05, 0) is 37.3 Å². The Kier molecular flexibility index (Phi) is 3.47. The molecule has 0 radical (unpaired) electrons. The van der Waals surface area contributed by atoms with Gasteiger partial charge in [0, 0.05) is 27.6 Å². The Morgan fingerprint density at radius 2 is 2.00 bits per heavy atom. The van der Waals surface area contributed by atoms with Crippen molar-refractivity contribution in [1.29, 1.82) is 0 Å². The lowest BCUT2D eigenvalue weighted by Gasteiger charge is -2.07. The van der Waals surface area contributed by atoms with Gasteiger partial charge in [-0.3, -0.25) is 4.21 Å². The zero-order valence-corrected chi connectivity index (χ0v) is 12.8. The molecule has 5 nitrogen and oxygen atoms in total. The maximum atomic E-state index is 11.6. The van der Waals surface area contributed by atoms with Crippen LogP contribution in [0.3, 0.4) is 0 Å². The number of H-pyrrole nitrogens is 1. The Bertz CT molecular complexity index is 842. The van der Waals surface area contributed by atoms with Crippen molar-refractivity contribution in [3.63, 3.8) is 0 Å². The topological polar surface area (TPSA) is 67.9 Å². The van der Waals surface area contributed by atoms with Crippen LogP contribution in [0.1, 0.15) is 5.69 Å². The minimum Gasteiger partial charge on any atom is -0.496 e. The summed E-state index contributed by atoms with van der Waals surface area (Å²) in [5.74, 6) is 1.33. The minimum absolute atomic E-state index is 0.637. The van der Waals surface area contributed by atoms with Crippen molar-refractivity contribution in [3.05, 3.63) is 36.0 Å². The quantitative estimate of drug-likeness (QED) is 0.807. The summed E-state index contributed by atoms with van der Waals surface area (Å²) in [5, 5.41) is 0. The van der Waals surface area contributed by atoms with E-state index in [1.807, 2.05) is 31.2 Å². The van der Waals surface area contributed by atoms with Crippen LogP contribution in [0.2, 0.25) is 0 Å². The summed E-state index contributed by atoms with van der Waals surface area (Å²) in [5.41, 5.74) is 3.29. The van der Waals surface area contributed by atoms with Crippen LogP contribution in [0.15, 0.2) is 35.2 Å². The van der Waals surface area contributed by atoms with Crippen LogP contribution >= 0.6 is 0 Å². The SMILES string of the molecule is COc1cc(S(C)=O)ccc1-c1nc2nc(C)ccc2[nH]1. The van der Waals surface area contributed by atoms with E-state index in [1.165, 1.54) is 0 Å². The highest BCUT2D eigenvalue weighted by Crippen LogP contribution is 2.30. The van der Waals surface area contributed by atoms with Gasteiger partial charge in [-0.1, -0.05) is 0 Å². The predicted octanol–water partition coefficient (Wildman–Crippen LogP) is 2.68. The first-order valence-corrected chi connectivity index (χ1v) is 7.99. The van der Waals surface area contributed by atoms with Gasteiger partial charge >= 0.3 is 0 Å². The average Bonchev–Trinajstić information content (AvgIpc) is 2.89. The van der Waals surface area contributed by atoms with Gasteiger partial charge in [0.2, 0.25) is 0 Å². The fourth-order valence-corrected chi connectivity index (χ4v) is 2.69. The first-order valence-electron chi connectivity index (χ1n) is 6.43. The summed E-state index contributed by atoms with van der Waals surface area (Å²) in [6.07, 6.45) is 1.64. The molecule has 0 bridgehead atoms. The van der Waals surface area contributed by atoms with Gasteiger partial charge in [-0.25, -0.2) is 9.97 Å². The van der Waals surface area contributed by atoms with E-state index >= 15 is 0 Å². The summed E-state index contributed by atoms with van der Waals surface area (Å²) >= 11 is 0. The van der Waals surface area contributed by atoms with E-state index in [0.29, 0.717) is 17.2 Å². The number of ether oxygens (including phenoxy) is 1. The molecule has 108 valence electrons. The number of imidazole rings is 1. The third-order valence-electron chi connectivity index (χ3n) is 3.25. The zero-order chi connectivity index (χ0) is 15.0. The lowest BCUT2D eigenvalue weighted by Crippen LogP contribution is -1.93. The maximum Gasteiger partial charge on any atom is 0.178 e. The standard InChI is InChI=1S/C15H15N3O2S/c1-9-4-7-12-15(16-9)18-14(17-12)11-6-5-10(21(3)19)8-13(11)20-2/h4-8H,1-3H3,(H,16,17,18). The first-order chi connectivity index (χ1) is 10.1. The summed E-state index contributed by atoms with van der Waals surface area (Å²) < 4.78 is 17.0. The van der Waals surface area contributed by atoms with Crippen LogP contribution in [0.5, 0.6) is 5.75 Å². The normalized spacial score (nSPS) is 12.5. The molecule has 0 aliphatic heterocycles. The van der Waals surface area contributed by atoms with E-state index in [-0.39, 0.29) is 0 Å². The lowest BCUT2D eigenvalue weighted by molar-refractivity contribution is 0.415. The second-order valence-electron chi connectivity index (χ2n) is 4.73. The van der Waals surface area contributed by atoms with Crippen LogP contribution in [0.25, 0.3) is 22.6 Å². The van der Waals surface area contributed by atoms with E-state index in [1.54, 1.807) is 19.4 Å². The molecule has 0 amide bonds. The highest BCUT2D eigenvalue weighted by atomic mass is 32.2. The molecular formula is C15H15N3O2S. The number of rotatable bonds is 3. The number of aromatic amines is 1. The molecule has 21 heavy (non-hydrogen) atoms. The number of hydrogen-bond acceptors (Lipinski definition) is 4. The Morgan fingerprint density at radius 1 is 1.19 bits per heavy atom. The van der Waals surface area contributed by atoms with Crippen molar-refractivity contribution in [2.75, 3.05) is 13.4 Å². The van der Waals surface area contributed by atoms with Crippen LogP contribution in [-0.4, -0.2) is 32.5 Å². The fraction of sp³-hybridized carbons (Fsp3) is 0.200. The number of fused-ring (bicyclic) bond motifs is 1. The van der Waals surface area contributed by atoms with Crippen molar-refractivity contribution < 1.29 is 8.95 Å². The van der Waals surface area contributed by atoms with E-state index < -0.39 is 10.8 Å². The molecule has 0 saturated heterocycles. The van der Waals surface area contributed by atoms with Gasteiger partial charge in [0.25, 0.3) is 0 Å². The summed E-state index contributed by atoms with van der Waals surface area (Å²) in [4.78, 5) is 12.9. The second kappa shape index (κ2) is 5.29. The van der Waals surface area contributed by atoms with Gasteiger partial charge in [-0.15, -0.1) is 0 Å². The monoisotopic (exact) mass is 301 g/mol. The summed E-state index contributed by atoms with van der Waals surface area (Å²) in [6.45, 7) is 1.93. The number of benzene rings is 1. The number of nitrogens with one attached hydrogen (secondary N) is 1.